The van der Waals surface area contributed by atoms with Crippen molar-refractivity contribution in [3.63, 3.8) is 0 Å². The second kappa shape index (κ2) is 9.27. The summed E-state index contributed by atoms with van der Waals surface area (Å²) in [7, 11) is -2.51. The van der Waals surface area contributed by atoms with Crippen molar-refractivity contribution in [2.45, 2.75) is 6.10 Å². The van der Waals surface area contributed by atoms with Gasteiger partial charge in [0.15, 0.2) is 0 Å². The monoisotopic (exact) mass is 480 g/mol. The Morgan fingerprint density at radius 2 is 2.06 bits per heavy atom. The van der Waals surface area contributed by atoms with Crippen LogP contribution in [-0.2, 0) is 30.1 Å². The van der Waals surface area contributed by atoms with Crippen LogP contribution in [-0.4, -0.2) is 50.5 Å². The van der Waals surface area contributed by atoms with Gasteiger partial charge in [0, 0.05) is 17.3 Å². The Hall–Kier alpha value is -3.33. The fraction of sp³-hybridized carbons (Fsp3) is 0.235. The molecule has 1 unspecified atom stereocenters. The van der Waals surface area contributed by atoms with Gasteiger partial charge in [-0.1, -0.05) is 6.07 Å². The highest BCUT2D eigenvalue weighted by molar-refractivity contribution is 7.48. The molecular formula is C17H18FN8O6P. The number of benzene rings is 1. The van der Waals surface area contributed by atoms with Crippen LogP contribution in [0.3, 0.4) is 0 Å². The molecule has 4 rings (SSSR count). The van der Waals surface area contributed by atoms with E-state index in [0.29, 0.717) is 17.1 Å². The molecule has 1 aliphatic rings. The van der Waals surface area contributed by atoms with Gasteiger partial charge < -0.3 is 4.74 Å². The van der Waals surface area contributed by atoms with Crippen molar-refractivity contribution >= 4 is 19.6 Å². The number of carbonyl (C=O) groups excluding carboxylic acids is 1. The van der Waals surface area contributed by atoms with Crippen LogP contribution >= 0.6 is 7.82 Å². The molecule has 3 heterocycles. The maximum atomic E-state index is 14.9. The summed E-state index contributed by atoms with van der Waals surface area (Å²) in [5.41, 5.74) is 1.53. The van der Waals surface area contributed by atoms with Gasteiger partial charge >= 0.3 is 13.9 Å². The molecule has 14 nitrogen and oxygen atoms in total. The van der Waals surface area contributed by atoms with Gasteiger partial charge in [-0.3, -0.25) is 14.4 Å². The molecule has 1 saturated heterocycles. The molecule has 1 atom stereocenters. The number of tetrazole rings is 1. The Balaban J connectivity index is 1.46. The molecule has 0 saturated carbocycles. The molecule has 174 valence electrons. The third-order valence-corrected chi connectivity index (χ3v) is 5.61. The molecule has 3 aromatic rings. The first kappa shape index (κ1) is 22.8. The number of hydrogen-bond donors (Lipinski definition) is 2. The first-order chi connectivity index (χ1) is 15.8. The number of phosphoric acid groups is 1. The highest BCUT2D eigenvalue weighted by Crippen LogP contribution is 2.45. The summed E-state index contributed by atoms with van der Waals surface area (Å²) < 4.78 is 44.7. The molecule has 0 spiro atoms. The number of nitrogens with two attached hydrogens (primary N) is 2. The predicted octanol–water partition coefficient (Wildman–Crippen LogP) is 1.31. The molecule has 0 radical (unpaired) electrons. The molecular weight excluding hydrogens is 462 g/mol. The second-order valence-corrected chi connectivity index (χ2v) is 8.34. The Labute approximate surface area is 185 Å². The Kier molecular flexibility index (Phi) is 6.42. The number of hydrogen-bond acceptors (Lipinski definition) is 12. The highest BCUT2D eigenvalue weighted by atomic mass is 31.2. The number of aryl methyl sites for hydroxylation is 1. The minimum absolute atomic E-state index is 0.00583. The molecule has 16 heteroatoms. The van der Waals surface area contributed by atoms with Crippen LogP contribution in [0.5, 0.6) is 0 Å². The number of ether oxygens (including phenoxy) is 1. The van der Waals surface area contributed by atoms with Crippen molar-refractivity contribution in [3.05, 3.63) is 42.3 Å². The standard InChI is InChI=1S/C17H18FN8O6P/c1-25-23-16(22-24-25)15-5-2-10(7-21-15)13-4-3-11(6-14(13)18)26-8-12(30-17(26)27)9-29-33(28,31-19)32-20/h2-7,12H,8-9,19-20H2,1H3. The lowest BCUT2D eigenvalue weighted by Crippen LogP contribution is -2.26. The van der Waals surface area contributed by atoms with Crippen molar-refractivity contribution in [2.24, 2.45) is 18.8 Å². The number of halogens is 1. The summed E-state index contributed by atoms with van der Waals surface area (Å²) in [5, 5.41) is 11.7. The van der Waals surface area contributed by atoms with Gasteiger partial charge in [-0.15, -0.1) is 10.2 Å². The van der Waals surface area contributed by atoms with Crippen LogP contribution in [0.25, 0.3) is 22.6 Å². The van der Waals surface area contributed by atoms with E-state index < -0.39 is 25.8 Å². The first-order valence-electron chi connectivity index (χ1n) is 9.32. The van der Waals surface area contributed by atoms with Crippen molar-refractivity contribution in [1.29, 1.82) is 0 Å². The van der Waals surface area contributed by atoms with E-state index in [-0.39, 0.29) is 24.4 Å². The minimum Gasteiger partial charge on any atom is -0.441 e. The van der Waals surface area contributed by atoms with E-state index >= 15 is 0 Å². The Morgan fingerprint density at radius 3 is 2.67 bits per heavy atom. The Morgan fingerprint density at radius 1 is 1.27 bits per heavy atom. The van der Waals surface area contributed by atoms with Crippen molar-refractivity contribution in [2.75, 3.05) is 18.1 Å². The van der Waals surface area contributed by atoms with Crippen LogP contribution in [0.15, 0.2) is 36.5 Å². The SMILES string of the molecule is Cn1nnc(-c2ccc(-c3ccc(N4CC(COP(=O)(ON)ON)OC4=O)cc3F)cn2)n1. The lowest BCUT2D eigenvalue weighted by molar-refractivity contribution is 0.0646. The number of amides is 1. The molecule has 0 bridgehead atoms. The van der Waals surface area contributed by atoms with Crippen molar-refractivity contribution < 1.29 is 32.3 Å². The summed E-state index contributed by atoms with van der Waals surface area (Å²) in [5.74, 6) is 9.36. The molecule has 4 N–H and O–H groups in total. The van der Waals surface area contributed by atoms with E-state index in [1.165, 1.54) is 28.0 Å². The zero-order valence-corrected chi connectivity index (χ0v) is 18.0. The highest BCUT2D eigenvalue weighted by Gasteiger charge is 2.36. The topological polar surface area (TPSA) is 183 Å². The van der Waals surface area contributed by atoms with E-state index in [4.69, 9.17) is 21.1 Å². The number of aromatic nitrogens is 5. The summed E-state index contributed by atoms with van der Waals surface area (Å²) in [4.78, 5) is 19.0. The number of nitrogens with zero attached hydrogens (tertiary/aromatic N) is 6. The van der Waals surface area contributed by atoms with Gasteiger partial charge in [-0.2, -0.15) is 14.0 Å². The first-order valence-corrected chi connectivity index (χ1v) is 10.8. The quantitative estimate of drug-likeness (QED) is 0.349. The molecule has 1 aliphatic heterocycles. The van der Waals surface area contributed by atoms with Gasteiger partial charge in [-0.25, -0.2) is 25.5 Å². The smallest absolute Gasteiger partial charge is 0.441 e. The van der Waals surface area contributed by atoms with Crippen molar-refractivity contribution in [3.8, 4) is 22.6 Å². The molecule has 33 heavy (non-hydrogen) atoms. The zero-order valence-electron chi connectivity index (χ0n) is 17.1. The molecule has 1 aromatic carbocycles. The second-order valence-electron chi connectivity index (χ2n) is 6.77. The third kappa shape index (κ3) is 4.88. The van der Waals surface area contributed by atoms with Gasteiger partial charge in [-0.05, 0) is 29.5 Å². The maximum absolute atomic E-state index is 14.9. The fourth-order valence-corrected chi connectivity index (χ4v) is 3.58. The summed E-state index contributed by atoms with van der Waals surface area (Å²) in [6.45, 7) is -0.374. The van der Waals surface area contributed by atoms with Gasteiger partial charge in [0.25, 0.3) is 0 Å². The van der Waals surface area contributed by atoms with Crippen LogP contribution in [0.1, 0.15) is 0 Å². The third-order valence-electron chi connectivity index (χ3n) is 4.63. The number of cyclic esters (lactones) is 1. The van der Waals surface area contributed by atoms with E-state index in [0.717, 1.165) is 0 Å². The summed E-state index contributed by atoms with van der Waals surface area (Å²) >= 11 is 0. The molecule has 1 amide bonds. The van der Waals surface area contributed by atoms with Crippen LogP contribution < -0.4 is 16.7 Å². The van der Waals surface area contributed by atoms with Crippen LogP contribution in [0, 0.1) is 5.82 Å². The number of rotatable bonds is 8. The number of pyridine rings is 1. The zero-order chi connectivity index (χ0) is 23.6. The van der Waals surface area contributed by atoms with Crippen LogP contribution in [0.4, 0.5) is 14.9 Å². The average molecular weight is 480 g/mol. The normalized spacial score (nSPS) is 16.3. The molecule has 2 aromatic heterocycles. The largest absolute Gasteiger partial charge is 0.507 e. The summed E-state index contributed by atoms with van der Waals surface area (Å²) in [6.07, 6.45) is -0.0980. The van der Waals surface area contributed by atoms with Gasteiger partial charge in [0.2, 0.25) is 5.82 Å². The van der Waals surface area contributed by atoms with Crippen molar-refractivity contribution in [1.82, 2.24) is 25.2 Å². The van der Waals surface area contributed by atoms with E-state index in [1.807, 2.05) is 0 Å². The van der Waals surface area contributed by atoms with Gasteiger partial charge in [0.05, 0.1) is 25.9 Å². The Bertz CT molecular complexity index is 1200. The maximum Gasteiger partial charge on any atom is 0.507 e. The van der Waals surface area contributed by atoms with Gasteiger partial charge in [0.1, 0.15) is 17.6 Å². The van der Waals surface area contributed by atoms with E-state index in [9.17, 15) is 13.8 Å². The molecule has 0 aliphatic carbocycles. The molecule has 1 fully saturated rings. The fourth-order valence-electron chi connectivity index (χ4n) is 3.06. The van der Waals surface area contributed by atoms with E-state index in [1.54, 1.807) is 25.2 Å². The lowest BCUT2D eigenvalue weighted by atomic mass is 10.1. The lowest BCUT2D eigenvalue weighted by Gasteiger charge is -2.15. The predicted molar refractivity (Wildman–Crippen MR) is 109 cm³/mol. The number of anilines is 1. The average Bonchev–Trinajstić information content (AvgIpc) is 3.43. The number of carbonyl (C=O) groups is 1. The van der Waals surface area contributed by atoms with Crippen LogP contribution in [0.2, 0.25) is 0 Å². The minimum atomic E-state index is -4.15. The van der Waals surface area contributed by atoms with E-state index in [2.05, 4.69) is 29.6 Å². The summed E-state index contributed by atoms with van der Waals surface area (Å²) in [6, 6.07) is 7.58.